The first-order chi connectivity index (χ1) is 10.9. The van der Waals surface area contributed by atoms with Gasteiger partial charge in [-0.05, 0) is 6.92 Å². The Kier molecular flexibility index (Phi) is 4.91. The van der Waals surface area contributed by atoms with Crippen molar-refractivity contribution >= 4 is 6.03 Å². The second-order valence-corrected chi connectivity index (χ2v) is 5.19. The number of aromatic nitrogens is 2. The molecule has 0 radical (unpaired) electrons. The molecule has 0 saturated carbocycles. The van der Waals surface area contributed by atoms with Gasteiger partial charge in [-0.15, -0.1) is 4.91 Å². The molecule has 0 spiro atoms. The number of nitrogens with one attached hydrogen (secondary N) is 2. The molecule has 1 fully saturated rings. The Morgan fingerprint density at radius 3 is 2.91 bits per heavy atom. The van der Waals surface area contributed by atoms with Crippen LogP contribution in [0.1, 0.15) is 18.2 Å². The number of hydrogen-bond donors (Lipinski definition) is 3. The molecule has 2 rings (SSSR count). The van der Waals surface area contributed by atoms with Crippen molar-refractivity contribution in [1.82, 2.24) is 19.9 Å². The molecule has 3 atom stereocenters. The molecule has 23 heavy (non-hydrogen) atoms. The number of aryl methyl sites for hydroxylation is 1. The number of carbonyl (C=O) groups excluding carboxylic acids is 1. The first kappa shape index (κ1) is 16.8. The highest BCUT2D eigenvalue weighted by Crippen LogP contribution is 2.27. The third-order valence-corrected chi connectivity index (χ3v) is 3.60. The van der Waals surface area contributed by atoms with Crippen LogP contribution >= 0.6 is 0 Å². The predicted octanol–water partition coefficient (Wildman–Crippen LogP) is -1.18. The minimum Gasteiger partial charge on any atom is -0.394 e. The molecule has 126 valence electrons. The average molecular weight is 327 g/mol. The molecular formula is C12H17N5O6. The molecule has 0 aromatic carbocycles. The molecular weight excluding hydrogens is 310 g/mol. The maximum Gasteiger partial charge on any atom is 0.340 e. The lowest BCUT2D eigenvalue weighted by Gasteiger charge is -2.18. The number of urea groups is 1. The van der Waals surface area contributed by atoms with E-state index in [4.69, 9.17) is 4.74 Å². The lowest BCUT2D eigenvalue weighted by Crippen LogP contribution is -2.45. The van der Waals surface area contributed by atoms with Crippen molar-refractivity contribution in [2.24, 2.45) is 5.29 Å². The lowest BCUT2D eigenvalue weighted by molar-refractivity contribution is -0.0286. The van der Waals surface area contributed by atoms with Crippen LogP contribution in [-0.2, 0) is 4.74 Å². The monoisotopic (exact) mass is 327 g/mol. The smallest absolute Gasteiger partial charge is 0.340 e. The van der Waals surface area contributed by atoms with E-state index in [9.17, 15) is 24.4 Å². The zero-order valence-electron chi connectivity index (χ0n) is 12.6. The summed E-state index contributed by atoms with van der Waals surface area (Å²) in [7, 11) is 1.18. The summed E-state index contributed by atoms with van der Waals surface area (Å²) in [6.07, 6.45) is -0.00309. The molecule has 1 aromatic rings. The van der Waals surface area contributed by atoms with Gasteiger partial charge in [-0.3, -0.25) is 14.3 Å². The molecule has 1 saturated heterocycles. The number of ether oxygens (including phenoxy) is 1. The highest BCUT2D eigenvalue weighted by atomic mass is 16.5. The highest BCUT2D eigenvalue weighted by molar-refractivity contribution is 5.73. The Hall–Kier alpha value is -2.53. The highest BCUT2D eigenvalue weighted by Gasteiger charge is 2.37. The number of aliphatic hydroxyl groups excluding tert-OH is 1. The normalized spacial score (nSPS) is 23.5. The van der Waals surface area contributed by atoms with Gasteiger partial charge in [-0.2, -0.15) is 5.01 Å². The maximum atomic E-state index is 11.9. The van der Waals surface area contributed by atoms with Crippen molar-refractivity contribution in [2.75, 3.05) is 13.7 Å². The van der Waals surface area contributed by atoms with Crippen molar-refractivity contribution < 1.29 is 14.6 Å². The van der Waals surface area contributed by atoms with Crippen molar-refractivity contribution in [3.63, 3.8) is 0 Å². The fourth-order valence-electron chi connectivity index (χ4n) is 2.31. The quantitative estimate of drug-likeness (QED) is 0.468. The number of hydrogen-bond acceptors (Lipinski definition) is 7. The first-order valence-corrected chi connectivity index (χ1v) is 6.83. The van der Waals surface area contributed by atoms with Crippen LogP contribution in [0.3, 0.4) is 0 Å². The van der Waals surface area contributed by atoms with Crippen LogP contribution < -0.4 is 16.6 Å². The minimum absolute atomic E-state index is 0.176. The van der Waals surface area contributed by atoms with Crippen LogP contribution in [0.15, 0.2) is 21.1 Å². The molecule has 1 aliphatic rings. The largest absolute Gasteiger partial charge is 0.394 e. The number of H-pyrrole nitrogens is 1. The number of aliphatic hydroxyl groups is 1. The molecule has 11 nitrogen and oxygen atoms in total. The molecule has 1 unspecified atom stereocenters. The van der Waals surface area contributed by atoms with Crippen LogP contribution in [-0.4, -0.2) is 51.5 Å². The second kappa shape index (κ2) is 6.71. The van der Waals surface area contributed by atoms with Gasteiger partial charge in [-0.25, -0.2) is 9.59 Å². The molecule has 1 aliphatic heterocycles. The Bertz CT molecular complexity index is 713. The zero-order valence-corrected chi connectivity index (χ0v) is 12.6. The number of nitroso groups, excluding NO2 is 1. The van der Waals surface area contributed by atoms with Crippen molar-refractivity contribution in [2.45, 2.75) is 31.7 Å². The summed E-state index contributed by atoms with van der Waals surface area (Å²) in [5.41, 5.74) is -0.821. The first-order valence-electron chi connectivity index (χ1n) is 6.83. The topological polar surface area (TPSA) is 146 Å². The summed E-state index contributed by atoms with van der Waals surface area (Å²) in [5.74, 6) is 0. The van der Waals surface area contributed by atoms with Crippen LogP contribution in [0.4, 0.5) is 4.79 Å². The van der Waals surface area contributed by atoms with Gasteiger partial charge in [0.25, 0.3) is 5.56 Å². The van der Waals surface area contributed by atoms with E-state index in [0.29, 0.717) is 10.6 Å². The Morgan fingerprint density at radius 1 is 1.61 bits per heavy atom. The summed E-state index contributed by atoms with van der Waals surface area (Å²) >= 11 is 0. The summed E-state index contributed by atoms with van der Waals surface area (Å²) in [6, 6.07) is -1.38. The SMILES string of the molecule is Cc1cn([C@H]2CC(NC(=O)N(C)N=O)[C@@H](CO)O2)c(=O)[nH]c1=O. The van der Waals surface area contributed by atoms with Crippen molar-refractivity contribution in [3.05, 3.63) is 37.5 Å². The molecule has 0 aliphatic carbocycles. The fourth-order valence-corrected chi connectivity index (χ4v) is 2.31. The van der Waals surface area contributed by atoms with Crippen molar-refractivity contribution in [1.29, 1.82) is 0 Å². The van der Waals surface area contributed by atoms with Gasteiger partial charge in [-0.1, -0.05) is 0 Å². The van der Waals surface area contributed by atoms with E-state index in [-0.39, 0.29) is 6.42 Å². The zero-order chi connectivity index (χ0) is 17.1. The summed E-state index contributed by atoms with van der Waals surface area (Å²) in [4.78, 5) is 47.4. The Balaban J connectivity index is 2.20. The van der Waals surface area contributed by atoms with E-state index in [1.165, 1.54) is 24.7 Å². The molecule has 11 heteroatoms. The Morgan fingerprint density at radius 2 is 2.30 bits per heavy atom. The molecule has 0 bridgehead atoms. The summed E-state index contributed by atoms with van der Waals surface area (Å²) < 4.78 is 6.74. The standard InChI is InChI=1S/C12H17N5O6/c1-6-4-17(12(21)14-10(6)19)9-3-7(8(5-18)23-9)13-11(20)16(2)15-22/h4,7-9,18H,3,5H2,1-2H3,(H,13,20)(H,14,19,21)/t7?,8-,9-/m1/s1. The summed E-state index contributed by atoms with van der Waals surface area (Å²) in [5, 5.41) is 14.9. The van der Waals surface area contributed by atoms with Gasteiger partial charge in [0, 0.05) is 25.2 Å². The van der Waals surface area contributed by atoms with Crippen LogP contribution in [0, 0.1) is 11.8 Å². The number of nitrogens with zero attached hydrogens (tertiary/aromatic N) is 3. The van der Waals surface area contributed by atoms with E-state index >= 15 is 0 Å². The van der Waals surface area contributed by atoms with Gasteiger partial charge in [0.2, 0.25) is 0 Å². The molecule has 3 N–H and O–H groups in total. The van der Waals surface area contributed by atoms with E-state index in [2.05, 4.69) is 15.6 Å². The second-order valence-electron chi connectivity index (χ2n) is 5.19. The Labute approximate surface area is 129 Å². The van der Waals surface area contributed by atoms with Gasteiger partial charge >= 0.3 is 11.7 Å². The number of carbonyl (C=O) groups is 1. The third-order valence-electron chi connectivity index (χ3n) is 3.60. The molecule has 2 amide bonds. The fraction of sp³-hybridized carbons (Fsp3) is 0.583. The van der Waals surface area contributed by atoms with E-state index in [1.54, 1.807) is 0 Å². The van der Waals surface area contributed by atoms with Crippen LogP contribution in [0.25, 0.3) is 0 Å². The molecule has 1 aromatic heterocycles. The third kappa shape index (κ3) is 3.46. The predicted molar refractivity (Wildman–Crippen MR) is 77.6 cm³/mol. The van der Waals surface area contributed by atoms with Gasteiger partial charge in [0.1, 0.15) is 12.3 Å². The number of amides is 2. The minimum atomic E-state index is -0.769. The van der Waals surface area contributed by atoms with Crippen LogP contribution in [0.5, 0.6) is 0 Å². The van der Waals surface area contributed by atoms with Crippen molar-refractivity contribution in [3.8, 4) is 0 Å². The van der Waals surface area contributed by atoms with E-state index in [0.717, 1.165) is 0 Å². The average Bonchev–Trinajstić information content (AvgIpc) is 2.92. The van der Waals surface area contributed by atoms with E-state index in [1.807, 2.05) is 0 Å². The van der Waals surface area contributed by atoms with Gasteiger partial charge in [0.05, 0.1) is 17.9 Å². The van der Waals surface area contributed by atoms with Gasteiger partial charge < -0.3 is 15.2 Å². The number of rotatable bonds is 4. The maximum absolute atomic E-state index is 11.9. The lowest BCUT2D eigenvalue weighted by atomic mass is 10.1. The van der Waals surface area contributed by atoms with E-state index < -0.39 is 42.3 Å². The van der Waals surface area contributed by atoms with Gasteiger partial charge in [0.15, 0.2) is 0 Å². The summed E-state index contributed by atoms with van der Waals surface area (Å²) in [6.45, 7) is 1.15. The molecule has 2 heterocycles. The van der Waals surface area contributed by atoms with Crippen LogP contribution in [0.2, 0.25) is 0 Å². The number of aromatic amines is 1.